The zero-order chi connectivity index (χ0) is 27.2. The highest BCUT2D eigenvalue weighted by Gasteiger charge is 2.37. The number of hydrogen-bond donors (Lipinski definition) is 3. The van der Waals surface area contributed by atoms with E-state index in [2.05, 4.69) is 25.6 Å². The standard InChI is InChI=1S/C24H20F6N6O/c1-14(34-21(37)16-11-17(23(25,26)27)13-18(12-16)24(28,29)30)20(36-22-32-8-5-9-33-22)35-19(31)10-15-6-3-2-4-7-15/h2-9,11-14H,10H2,1H3,(H,34,37)(H2,31,32,33,35,36). The van der Waals surface area contributed by atoms with Crippen LogP contribution < -0.4 is 10.6 Å². The van der Waals surface area contributed by atoms with E-state index < -0.39 is 41.0 Å². The van der Waals surface area contributed by atoms with Gasteiger partial charge in [-0.3, -0.25) is 10.2 Å². The number of aromatic nitrogens is 2. The molecular formula is C24H20F6N6O. The lowest BCUT2D eigenvalue weighted by Gasteiger charge is -2.19. The molecule has 0 aliphatic carbocycles. The summed E-state index contributed by atoms with van der Waals surface area (Å²) in [5.41, 5.74) is -3.31. The highest BCUT2D eigenvalue weighted by Crippen LogP contribution is 2.36. The molecule has 0 spiro atoms. The van der Waals surface area contributed by atoms with E-state index in [9.17, 15) is 31.1 Å². The van der Waals surface area contributed by atoms with Crippen LogP contribution >= 0.6 is 0 Å². The third kappa shape index (κ3) is 7.85. The van der Waals surface area contributed by atoms with Gasteiger partial charge < -0.3 is 10.6 Å². The molecule has 1 amide bonds. The highest BCUT2D eigenvalue weighted by molar-refractivity contribution is 6.07. The third-order valence-electron chi connectivity index (χ3n) is 4.88. The minimum atomic E-state index is -5.10. The first-order chi connectivity index (χ1) is 17.3. The van der Waals surface area contributed by atoms with E-state index >= 15 is 0 Å². The van der Waals surface area contributed by atoms with Gasteiger partial charge in [0.25, 0.3) is 5.91 Å². The summed E-state index contributed by atoms with van der Waals surface area (Å²) in [5.74, 6) is -1.34. The molecule has 1 aromatic heterocycles. The predicted octanol–water partition coefficient (Wildman–Crippen LogP) is 5.36. The maximum atomic E-state index is 13.2. The molecule has 2 aromatic carbocycles. The number of aliphatic imine (C=N–C) groups is 1. The fraction of sp³-hybridized carbons (Fsp3) is 0.208. The smallest absolute Gasteiger partial charge is 0.342 e. The largest absolute Gasteiger partial charge is 0.416 e. The van der Waals surface area contributed by atoms with Crippen molar-refractivity contribution in [2.45, 2.75) is 31.7 Å². The molecule has 3 aromatic rings. The Balaban J connectivity index is 1.89. The number of amides is 1. The van der Waals surface area contributed by atoms with Gasteiger partial charge in [-0.1, -0.05) is 30.3 Å². The summed E-state index contributed by atoms with van der Waals surface area (Å²) in [6.07, 6.45) is -7.27. The van der Waals surface area contributed by atoms with Crippen molar-refractivity contribution in [1.29, 1.82) is 5.41 Å². The molecule has 0 bridgehead atoms. The van der Waals surface area contributed by atoms with Gasteiger partial charge in [-0.2, -0.15) is 26.3 Å². The molecule has 13 heteroatoms. The monoisotopic (exact) mass is 522 g/mol. The first kappa shape index (κ1) is 27.3. The normalized spacial score (nSPS) is 13.1. The lowest BCUT2D eigenvalue weighted by molar-refractivity contribution is -0.143. The Labute approximate surface area is 207 Å². The van der Waals surface area contributed by atoms with E-state index in [0.717, 1.165) is 5.56 Å². The fourth-order valence-electron chi connectivity index (χ4n) is 3.12. The van der Waals surface area contributed by atoms with Crippen LogP contribution in [0.5, 0.6) is 0 Å². The lowest BCUT2D eigenvalue weighted by atomic mass is 10.0. The van der Waals surface area contributed by atoms with E-state index in [1.807, 2.05) is 0 Å². The summed E-state index contributed by atoms with van der Waals surface area (Å²) in [6.45, 7) is 1.39. The Morgan fingerprint density at radius 2 is 1.51 bits per heavy atom. The summed E-state index contributed by atoms with van der Waals surface area (Å²) in [4.78, 5) is 24.8. The van der Waals surface area contributed by atoms with Gasteiger partial charge in [0.05, 0.1) is 17.2 Å². The Kier molecular flexibility index (Phi) is 8.25. The second kappa shape index (κ2) is 11.2. The van der Waals surface area contributed by atoms with Crippen LogP contribution in [0.2, 0.25) is 0 Å². The van der Waals surface area contributed by atoms with E-state index in [1.54, 1.807) is 30.3 Å². The van der Waals surface area contributed by atoms with Crippen LogP contribution in [0, 0.1) is 5.41 Å². The SMILES string of the molecule is CC(NC(=O)c1cc(C(F)(F)F)cc(C(F)(F)F)c1)/C(=N/C(=N)Cc1ccccc1)Nc1ncccn1. The number of hydrogen-bond acceptors (Lipinski definition) is 4. The number of carbonyl (C=O) groups excluding carboxylic acids is 1. The highest BCUT2D eigenvalue weighted by atomic mass is 19.4. The summed E-state index contributed by atoms with van der Waals surface area (Å²) in [6, 6.07) is 9.94. The second-order valence-electron chi connectivity index (χ2n) is 7.79. The Morgan fingerprint density at radius 1 is 0.946 bits per heavy atom. The van der Waals surface area contributed by atoms with Crippen molar-refractivity contribution < 1.29 is 31.1 Å². The van der Waals surface area contributed by atoms with Crippen molar-refractivity contribution in [3.63, 3.8) is 0 Å². The number of nitrogens with one attached hydrogen (secondary N) is 3. The third-order valence-corrected chi connectivity index (χ3v) is 4.88. The molecule has 1 atom stereocenters. The number of alkyl halides is 6. The second-order valence-corrected chi connectivity index (χ2v) is 7.79. The molecule has 0 fully saturated rings. The van der Waals surface area contributed by atoms with Gasteiger partial charge in [0.1, 0.15) is 11.7 Å². The number of anilines is 1. The summed E-state index contributed by atoms with van der Waals surface area (Å²) >= 11 is 0. The van der Waals surface area contributed by atoms with Crippen LogP contribution in [-0.2, 0) is 18.8 Å². The van der Waals surface area contributed by atoms with E-state index in [0.29, 0.717) is 12.1 Å². The van der Waals surface area contributed by atoms with Gasteiger partial charge in [-0.15, -0.1) is 0 Å². The van der Waals surface area contributed by atoms with Crippen molar-refractivity contribution >= 4 is 23.5 Å². The minimum absolute atomic E-state index is 0.0493. The predicted molar refractivity (Wildman–Crippen MR) is 124 cm³/mol. The van der Waals surface area contributed by atoms with Gasteiger partial charge in [0, 0.05) is 24.4 Å². The number of amidine groups is 2. The van der Waals surface area contributed by atoms with Gasteiger partial charge in [0.15, 0.2) is 0 Å². The van der Waals surface area contributed by atoms with Gasteiger partial charge in [0.2, 0.25) is 5.95 Å². The molecular weight excluding hydrogens is 502 g/mol. The summed E-state index contributed by atoms with van der Waals surface area (Å²) in [7, 11) is 0. The van der Waals surface area contributed by atoms with Gasteiger partial charge >= 0.3 is 12.4 Å². The number of rotatable bonds is 6. The molecule has 0 saturated heterocycles. The fourth-order valence-corrected chi connectivity index (χ4v) is 3.12. The molecule has 7 nitrogen and oxygen atoms in total. The summed E-state index contributed by atoms with van der Waals surface area (Å²) in [5, 5.41) is 13.3. The number of carbonyl (C=O) groups is 1. The molecule has 37 heavy (non-hydrogen) atoms. The molecule has 3 rings (SSSR count). The Morgan fingerprint density at radius 3 is 2.05 bits per heavy atom. The number of halogens is 6. The lowest BCUT2D eigenvalue weighted by Crippen LogP contribution is -2.42. The molecule has 0 aliphatic heterocycles. The number of nitrogens with zero attached hydrogens (tertiary/aromatic N) is 3. The quantitative estimate of drug-likeness (QED) is 0.230. The maximum absolute atomic E-state index is 13.2. The van der Waals surface area contributed by atoms with Crippen molar-refractivity contribution in [3.8, 4) is 0 Å². The topological polar surface area (TPSA) is 103 Å². The van der Waals surface area contributed by atoms with E-state index in [4.69, 9.17) is 5.41 Å². The Hall–Kier alpha value is -4.29. The zero-order valence-electron chi connectivity index (χ0n) is 19.2. The van der Waals surface area contributed by atoms with Crippen molar-refractivity contribution in [2.24, 2.45) is 4.99 Å². The summed E-state index contributed by atoms with van der Waals surface area (Å²) < 4.78 is 79.1. The van der Waals surface area contributed by atoms with Crippen molar-refractivity contribution in [3.05, 3.63) is 89.2 Å². The Bertz CT molecular complexity index is 1240. The first-order valence-corrected chi connectivity index (χ1v) is 10.7. The molecule has 1 heterocycles. The van der Waals surface area contributed by atoms with Gasteiger partial charge in [-0.05, 0) is 36.8 Å². The van der Waals surface area contributed by atoms with Crippen LogP contribution in [0.25, 0.3) is 0 Å². The van der Waals surface area contributed by atoms with Crippen molar-refractivity contribution in [1.82, 2.24) is 15.3 Å². The van der Waals surface area contributed by atoms with Crippen LogP contribution in [0.1, 0.15) is 34.0 Å². The molecule has 3 N–H and O–H groups in total. The first-order valence-electron chi connectivity index (χ1n) is 10.7. The van der Waals surface area contributed by atoms with E-state index in [1.165, 1.54) is 25.4 Å². The zero-order valence-corrected chi connectivity index (χ0v) is 19.2. The van der Waals surface area contributed by atoms with Gasteiger partial charge in [-0.25, -0.2) is 15.0 Å². The molecule has 1 unspecified atom stereocenters. The average Bonchev–Trinajstić information content (AvgIpc) is 2.83. The molecule has 194 valence electrons. The molecule has 0 saturated carbocycles. The maximum Gasteiger partial charge on any atom is 0.416 e. The molecule has 0 aliphatic rings. The number of benzene rings is 2. The molecule has 0 radical (unpaired) electrons. The van der Waals surface area contributed by atoms with Crippen LogP contribution in [0.4, 0.5) is 32.3 Å². The van der Waals surface area contributed by atoms with Crippen LogP contribution in [0.15, 0.2) is 72.0 Å². The van der Waals surface area contributed by atoms with Crippen molar-refractivity contribution in [2.75, 3.05) is 5.32 Å². The average molecular weight is 522 g/mol. The van der Waals surface area contributed by atoms with Crippen LogP contribution in [0.3, 0.4) is 0 Å². The van der Waals surface area contributed by atoms with Crippen LogP contribution in [-0.4, -0.2) is 33.6 Å². The minimum Gasteiger partial charge on any atom is -0.342 e. The van der Waals surface area contributed by atoms with E-state index in [-0.39, 0.29) is 30.1 Å².